The maximum absolute atomic E-state index is 13.1. The van der Waals surface area contributed by atoms with Crippen molar-refractivity contribution in [1.29, 1.82) is 0 Å². The van der Waals surface area contributed by atoms with Crippen LogP contribution < -0.4 is 4.74 Å². The Morgan fingerprint density at radius 3 is 2.44 bits per heavy atom. The number of carbonyl (C=O) groups excluding carboxylic acids is 1. The average molecular weight is 366 g/mol. The van der Waals surface area contributed by atoms with Crippen LogP contribution in [0.15, 0.2) is 71.3 Å². The lowest BCUT2D eigenvalue weighted by Gasteiger charge is -2.22. The van der Waals surface area contributed by atoms with Crippen LogP contribution in [0.4, 0.5) is 5.69 Å². The van der Waals surface area contributed by atoms with Crippen LogP contribution in [0.2, 0.25) is 0 Å². The summed E-state index contributed by atoms with van der Waals surface area (Å²) in [6.45, 7) is 0.472. The summed E-state index contributed by atoms with van der Waals surface area (Å²) in [6, 6.07) is 16.7. The number of ether oxygens (including phenoxy) is 1. The smallest absolute Gasteiger partial charge is 0.282 e. The Bertz CT molecular complexity index is 920. The highest BCUT2D eigenvalue weighted by Crippen LogP contribution is 2.22. The number of methoxy groups -OCH3 is 1. The Hall–Kier alpha value is -3.61. The standard InChI is InChI=1S/C20H18N2O5/c1-26-16-10-8-15(9-11-16)13-21(14-17-5-4-12-27-17)20(23)18-6-2-3-7-19(18)22(24)25/h2-12H,13-14H2,1H3. The van der Waals surface area contributed by atoms with E-state index in [2.05, 4.69) is 0 Å². The molecule has 7 heteroatoms. The van der Waals surface area contributed by atoms with Gasteiger partial charge in [-0.2, -0.15) is 0 Å². The van der Waals surface area contributed by atoms with Crippen molar-refractivity contribution in [2.24, 2.45) is 0 Å². The Kier molecular flexibility index (Phi) is 5.51. The summed E-state index contributed by atoms with van der Waals surface area (Å²) in [5.74, 6) is 0.867. The molecular weight excluding hydrogens is 348 g/mol. The van der Waals surface area contributed by atoms with Crippen LogP contribution in [0.25, 0.3) is 0 Å². The zero-order valence-electron chi connectivity index (χ0n) is 14.7. The molecule has 1 heterocycles. The van der Waals surface area contributed by atoms with Gasteiger partial charge in [0.1, 0.15) is 17.1 Å². The topological polar surface area (TPSA) is 85.8 Å². The number of carbonyl (C=O) groups is 1. The third-order valence-electron chi connectivity index (χ3n) is 4.08. The lowest BCUT2D eigenvalue weighted by Crippen LogP contribution is -2.30. The first-order valence-electron chi connectivity index (χ1n) is 8.26. The number of hydrogen-bond acceptors (Lipinski definition) is 5. The molecule has 0 spiro atoms. The summed E-state index contributed by atoms with van der Waals surface area (Å²) in [5.41, 5.74) is 0.693. The molecular formula is C20H18N2O5. The van der Waals surface area contributed by atoms with Crippen molar-refractivity contribution in [2.75, 3.05) is 7.11 Å². The van der Waals surface area contributed by atoms with Crippen LogP contribution in [0, 0.1) is 10.1 Å². The molecule has 138 valence electrons. The first-order chi connectivity index (χ1) is 13.1. The summed E-state index contributed by atoms with van der Waals surface area (Å²) in [6.07, 6.45) is 1.52. The zero-order chi connectivity index (χ0) is 19.2. The van der Waals surface area contributed by atoms with Gasteiger partial charge in [-0.1, -0.05) is 24.3 Å². The molecule has 0 unspecified atom stereocenters. The molecule has 1 aromatic heterocycles. The Morgan fingerprint density at radius 1 is 1.07 bits per heavy atom. The fourth-order valence-electron chi connectivity index (χ4n) is 2.73. The van der Waals surface area contributed by atoms with Crippen LogP contribution in [0.1, 0.15) is 21.7 Å². The van der Waals surface area contributed by atoms with Gasteiger partial charge in [-0.15, -0.1) is 0 Å². The zero-order valence-corrected chi connectivity index (χ0v) is 14.7. The van der Waals surface area contributed by atoms with Crippen molar-refractivity contribution in [2.45, 2.75) is 13.1 Å². The van der Waals surface area contributed by atoms with Gasteiger partial charge in [-0.05, 0) is 35.9 Å². The molecule has 7 nitrogen and oxygen atoms in total. The highest BCUT2D eigenvalue weighted by Gasteiger charge is 2.25. The van der Waals surface area contributed by atoms with Crippen molar-refractivity contribution in [3.8, 4) is 5.75 Å². The van der Waals surface area contributed by atoms with Gasteiger partial charge >= 0.3 is 0 Å². The molecule has 27 heavy (non-hydrogen) atoms. The Balaban J connectivity index is 1.91. The molecule has 0 fully saturated rings. The first-order valence-corrected chi connectivity index (χ1v) is 8.26. The monoisotopic (exact) mass is 366 g/mol. The second-order valence-electron chi connectivity index (χ2n) is 5.86. The molecule has 0 saturated carbocycles. The predicted molar refractivity (Wildman–Crippen MR) is 98.4 cm³/mol. The fraction of sp³-hybridized carbons (Fsp3) is 0.150. The van der Waals surface area contributed by atoms with E-state index in [-0.39, 0.29) is 24.3 Å². The first kappa shape index (κ1) is 18.2. The molecule has 1 amide bonds. The molecule has 0 radical (unpaired) electrons. The molecule has 3 rings (SSSR count). The van der Waals surface area contributed by atoms with Gasteiger partial charge in [0.25, 0.3) is 11.6 Å². The van der Waals surface area contributed by atoms with Crippen molar-refractivity contribution in [3.63, 3.8) is 0 Å². The van der Waals surface area contributed by atoms with E-state index in [0.29, 0.717) is 11.5 Å². The summed E-state index contributed by atoms with van der Waals surface area (Å²) < 4.78 is 10.5. The molecule has 0 bridgehead atoms. The minimum atomic E-state index is -0.550. The summed E-state index contributed by atoms with van der Waals surface area (Å²) in [4.78, 5) is 25.3. The Labute approximate surface area is 155 Å². The van der Waals surface area contributed by atoms with Crippen LogP contribution in [0.3, 0.4) is 0 Å². The van der Waals surface area contributed by atoms with Crippen LogP contribution >= 0.6 is 0 Å². The van der Waals surface area contributed by atoms with E-state index < -0.39 is 10.8 Å². The highest BCUT2D eigenvalue weighted by atomic mass is 16.6. The third-order valence-corrected chi connectivity index (χ3v) is 4.08. The lowest BCUT2D eigenvalue weighted by molar-refractivity contribution is -0.385. The van der Waals surface area contributed by atoms with Gasteiger partial charge in [0.05, 0.1) is 24.8 Å². The number of nitro groups is 1. The van der Waals surface area contributed by atoms with Crippen LogP contribution in [0.5, 0.6) is 5.75 Å². The maximum Gasteiger partial charge on any atom is 0.282 e. The third kappa shape index (κ3) is 4.33. The van der Waals surface area contributed by atoms with Gasteiger partial charge in [0.2, 0.25) is 0 Å². The summed E-state index contributed by atoms with van der Waals surface area (Å²) >= 11 is 0. The number of nitrogens with zero attached hydrogens (tertiary/aromatic N) is 2. The van der Waals surface area contributed by atoms with E-state index in [1.807, 2.05) is 12.1 Å². The second kappa shape index (κ2) is 8.18. The predicted octanol–water partition coefficient (Wildman–Crippen LogP) is 4.04. The van der Waals surface area contributed by atoms with Crippen LogP contribution in [-0.2, 0) is 13.1 Å². The minimum Gasteiger partial charge on any atom is -0.497 e. The van der Waals surface area contributed by atoms with Gasteiger partial charge in [0, 0.05) is 12.6 Å². The number of furan rings is 1. The lowest BCUT2D eigenvalue weighted by atomic mass is 10.1. The van der Waals surface area contributed by atoms with Crippen molar-refractivity contribution < 1.29 is 18.9 Å². The fourth-order valence-corrected chi connectivity index (χ4v) is 2.73. The summed E-state index contributed by atoms with van der Waals surface area (Å²) in [5, 5.41) is 11.3. The van der Waals surface area contributed by atoms with E-state index in [1.54, 1.807) is 37.4 Å². The molecule has 0 aliphatic rings. The number of amides is 1. The number of rotatable bonds is 7. The van der Waals surface area contributed by atoms with Crippen molar-refractivity contribution in [1.82, 2.24) is 4.90 Å². The molecule has 0 atom stereocenters. The van der Waals surface area contributed by atoms with Crippen molar-refractivity contribution in [3.05, 3.63) is 93.9 Å². The molecule has 0 aliphatic heterocycles. The quantitative estimate of drug-likeness (QED) is 0.465. The van der Waals surface area contributed by atoms with E-state index in [4.69, 9.17) is 9.15 Å². The Morgan fingerprint density at radius 2 is 1.81 bits per heavy atom. The minimum absolute atomic E-state index is 0.0440. The molecule has 3 aromatic rings. The van der Waals surface area contributed by atoms with Gasteiger partial charge in [-0.25, -0.2) is 0 Å². The maximum atomic E-state index is 13.1. The van der Waals surface area contributed by atoms with Gasteiger partial charge in [0.15, 0.2) is 0 Å². The molecule has 2 aromatic carbocycles. The van der Waals surface area contributed by atoms with Crippen molar-refractivity contribution >= 4 is 11.6 Å². The SMILES string of the molecule is COc1ccc(CN(Cc2ccco2)C(=O)c2ccccc2[N+](=O)[O-])cc1. The molecule has 0 saturated heterocycles. The number of benzene rings is 2. The number of hydrogen-bond donors (Lipinski definition) is 0. The number of nitro benzene ring substituents is 1. The van der Waals surface area contributed by atoms with Gasteiger partial charge < -0.3 is 14.1 Å². The van der Waals surface area contributed by atoms with Crippen LogP contribution in [-0.4, -0.2) is 22.8 Å². The highest BCUT2D eigenvalue weighted by molar-refractivity contribution is 5.98. The molecule has 0 N–H and O–H groups in total. The average Bonchev–Trinajstić information content (AvgIpc) is 3.20. The largest absolute Gasteiger partial charge is 0.497 e. The van der Waals surface area contributed by atoms with E-state index in [1.165, 1.54) is 29.4 Å². The second-order valence-corrected chi connectivity index (χ2v) is 5.86. The van der Waals surface area contributed by atoms with Gasteiger partial charge in [-0.3, -0.25) is 14.9 Å². The molecule has 0 aliphatic carbocycles. The van der Waals surface area contributed by atoms with E-state index in [0.717, 1.165) is 5.56 Å². The van der Waals surface area contributed by atoms with E-state index >= 15 is 0 Å². The number of para-hydroxylation sites is 1. The summed E-state index contributed by atoms with van der Waals surface area (Å²) in [7, 11) is 1.58. The van der Waals surface area contributed by atoms with E-state index in [9.17, 15) is 14.9 Å². The normalized spacial score (nSPS) is 10.4.